The Balaban J connectivity index is -0.0000000546. The van der Waals surface area contributed by atoms with Crippen molar-refractivity contribution in [3.05, 3.63) is 37.0 Å². The Morgan fingerprint density at radius 1 is 1.00 bits per heavy atom. The molecule has 0 atom stereocenters. The van der Waals surface area contributed by atoms with Crippen LogP contribution in [0.15, 0.2) is 37.0 Å². The minimum absolute atomic E-state index is 1.19. The largest absolute Gasteiger partial charge is 0.0991 e. The fourth-order valence-corrected chi connectivity index (χ4v) is 0.204. The summed E-state index contributed by atoms with van der Waals surface area (Å²) in [5.74, 6) is 0. The molecule has 0 bridgehead atoms. The van der Waals surface area contributed by atoms with Crippen LogP contribution in [0, 0.1) is 0 Å². The van der Waals surface area contributed by atoms with Crippen molar-refractivity contribution in [1.29, 1.82) is 0 Å². The van der Waals surface area contributed by atoms with E-state index in [2.05, 4.69) is 40.0 Å². The molecule has 14 heavy (non-hydrogen) atoms. The van der Waals surface area contributed by atoms with Crippen LogP contribution in [0.2, 0.25) is 0 Å². The summed E-state index contributed by atoms with van der Waals surface area (Å²) in [4.78, 5) is 0. The van der Waals surface area contributed by atoms with Gasteiger partial charge in [-0.1, -0.05) is 71.6 Å². The van der Waals surface area contributed by atoms with Gasteiger partial charge < -0.3 is 0 Å². The number of hydrogen-bond donors (Lipinski definition) is 0. The van der Waals surface area contributed by atoms with Crippen LogP contribution in [0.5, 0.6) is 0 Å². The first-order valence-electron chi connectivity index (χ1n) is 5.58. The quantitative estimate of drug-likeness (QED) is 0.390. The van der Waals surface area contributed by atoms with Crippen LogP contribution in [0.25, 0.3) is 0 Å². The molecule has 0 aromatic carbocycles. The van der Waals surface area contributed by atoms with Crippen molar-refractivity contribution in [3.8, 4) is 0 Å². The van der Waals surface area contributed by atoms with Gasteiger partial charge in [0.1, 0.15) is 0 Å². The smallest absolute Gasteiger partial charge is 0.0352 e. The summed E-state index contributed by atoms with van der Waals surface area (Å²) in [6.07, 6.45) is 6.61. The van der Waals surface area contributed by atoms with Gasteiger partial charge in [-0.05, 0) is 20.3 Å². The van der Waals surface area contributed by atoms with Crippen molar-refractivity contribution in [2.75, 3.05) is 0 Å². The van der Waals surface area contributed by atoms with E-state index in [0.717, 1.165) is 0 Å². The lowest BCUT2D eigenvalue weighted by molar-refractivity contribution is 1.09. The van der Waals surface area contributed by atoms with Crippen LogP contribution in [0.4, 0.5) is 0 Å². The SMILES string of the molecule is C/C=C(\C)CC.C=CC=C.CC.CC. The molecule has 0 heterocycles. The summed E-state index contributed by atoms with van der Waals surface area (Å²) in [5, 5.41) is 0. The lowest BCUT2D eigenvalue weighted by Crippen LogP contribution is -1.63. The van der Waals surface area contributed by atoms with Gasteiger partial charge in [0.05, 0.1) is 0 Å². The summed E-state index contributed by atoms with van der Waals surface area (Å²) < 4.78 is 0. The minimum atomic E-state index is 1.19. The van der Waals surface area contributed by atoms with Gasteiger partial charge in [-0.15, -0.1) is 0 Å². The Bertz CT molecular complexity index is 101. The Kier molecular flexibility index (Phi) is 66.0. The predicted octanol–water partition coefficient (Wildman–Crippen LogP) is 5.77. The predicted molar refractivity (Wildman–Crippen MR) is 72.8 cm³/mol. The molecule has 0 unspecified atom stereocenters. The van der Waals surface area contributed by atoms with Crippen molar-refractivity contribution in [3.63, 3.8) is 0 Å². The van der Waals surface area contributed by atoms with E-state index in [9.17, 15) is 0 Å². The number of rotatable bonds is 2. The van der Waals surface area contributed by atoms with Crippen LogP contribution in [0.3, 0.4) is 0 Å². The molecule has 0 amide bonds. The van der Waals surface area contributed by atoms with Crippen molar-refractivity contribution in [2.24, 2.45) is 0 Å². The summed E-state index contributed by atoms with van der Waals surface area (Å²) in [7, 11) is 0. The van der Waals surface area contributed by atoms with E-state index >= 15 is 0 Å². The molecule has 0 saturated heterocycles. The van der Waals surface area contributed by atoms with Gasteiger partial charge in [0.25, 0.3) is 0 Å². The molecule has 0 aliphatic carbocycles. The molecule has 86 valence electrons. The highest BCUT2D eigenvalue weighted by Crippen LogP contribution is 1.94. The molecule has 0 rings (SSSR count). The first-order chi connectivity index (χ1) is 6.72. The molecular weight excluding hydrogens is 168 g/mol. The molecule has 0 saturated carbocycles. The molecule has 0 spiro atoms. The molecule has 0 aromatic rings. The topological polar surface area (TPSA) is 0 Å². The molecular formula is C14H30. The minimum Gasteiger partial charge on any atom is -0.0991 e. The summed E-state index contributed by atoms with van der Waals surface area (Å²) >= 11 is 0. The monoisotopic (exact) mass is 198 g/mol. The third-order valence-corrected chi connectivity index (χ3v) is 1.22. The number of allylic oxidation sites excluding steroid dienone is 4. The third-order valence-electron chi connectivity index (χ3n) is 1.22. The maximum atomic E-state index is 3.36. The van der Waals surface area contributed by atoms with Gasteiger partial charge in [0.15, 0.2) is 0 Å². The van der Waals surface area contributed by atoms with Crippen LogP contribution in [-0.4, -0.2) is 0 Å². The Labute approximate surface area is 92.4 Å². The molecule has 0 aromatic heterocycles. The summed E-state index contributed by atoms with van der Waals surface area (Å²) in [6, 6.07) is 0. The van der Waals surface area contributed by atoms with E-state index in [-0.39, 0.29) is 0 Å². The highest BCUT2D eigenvalue weighted by atomic mass is 13.8. The van der Waals surface area contributed by atoms with Gasteiger partial charge in [-0.2, -0.15) is 0 Å². The molecule has 0 nitrogen and oxygen atoms in total. The Hall–Kier alpha value is -0.780. The van der Waals surface area contributed by atoms with Gasteiger partial charge in [0.2, 0.25) is 0 Å². The van der Waals surface area contributed by atoms with E-state index in [1.165, 1.54) is 12.0 Å². The first kappa shape index (κ1) is 23.2. The third kappa shape index (κ3) is 65.8. The van der Waals surface area contributed by atoms with E-state index < -0.39 is 0 Å². The van der Waals surface area contributed by atoms with Crippen molar-refractivity contribution < 1.29 is 0 Å². The van der Waals surface area contributed by atoms with Crippen LogP contribution >= 0.6 is 0 Å². The zero-order valence-corrected chi connectivity index (χ0v) is 11.4. The second-order valence-corrected chi connectivity index (χ2v) is 1.96. The average Bonchev–Trinajstić information content (AvgIpc) is 2.33. The van der Waals surface area contributed by atoms with Crippen molar-refractivity contribution >= 4 is 0 Å². The Morgan fingerprint density at radius 2 is 1.29 bits per heavy atom. The second kappa shape index (κ2) is 39.8. The standard InChI is InChI=1S/C6H12.C4H6.2C2H6/c1-4-6(3)5-2;1-3-4-2;2*1-2/h4H,5H2,1-3H3;3-4H,1-2H2;2*1-2H3/b6-4+;;;. The van der Waals surface area contributed by atoms with E-state index in [0.29, 0.717) is 0 Å². The zero-order valence-electron chi connectivity index (χ0n) is 11.4. The fourth-order valence-electron chi connectivity index (χ4n) is 0.204. The van der Waals surface area contributed by atoms with Gasteiger partial charge in [0, 0.05) is 0 Å². The second-order valence-electron chi connectivity index (χ2n) is 1.96. The lowest BCUT2D eigenvalue weighted by Gasteiger charge is -1.85. The first-order valence-corrected chi connectivity index (χ1v) is 5.58. The molecule has 0 aliphatic heterocycles. The van der Waals surface area contributed by atoms with E-state index in [4.69, 9.17) is 0 Å². The Morgan fingerprint density at radius 3 is 1.29 bits per heavy atom. The van der Waals surface area contributed by atoms with E-state index in [1.807, 2.05) is 27.7 Å². The molecule has 0 aliphatic rings. The molecule has 0 fully saturated rings. The maximum absolute atomic E-state index is 3.36. The average molecular weight is 198 g/mol. The van der Waals surface area contributed by atoms with E-state index in [1.54, 1.807) is 12.2 Å². The van der Waals surface area contributed by atoms with Crippen LogP contribution in [0.1, 0.15) is 54.9 Å². The van der Waals surface area contributed by atoms with Gasteiger partial charge >= 0.3 is 0 Å². The zero-order chi connectivity index (χ0) is 12.4. The summed E-state index contributed by atoms with van der Waals surface area (Å²) in [6.45, 7) is 21.1. The van der Waals surface area contributed by atoms with Crippen molar-refractivity contribution in [1.82, 2.24) is 0 Å². The fraction of sp³-hybridized carbons (Fsp3) is 0.571. The molecule has 0 N–H and O–H groups in total. The maximum Gasteiger partial charge on any atom is -0.0352 e. The molecule has 0 heteroatoms. The highest BCUT2D eigenvalue weighted by molar-refractivity contribution is 4.93. The summed E-state index contributed by atoms with van der Waals surface area (Å²) in [5.41, 5.74) is 1.47. The van der Waals surface area contributed by atoms with Crippen LogP contribution < -0.4 is 0 Å². The lowest BCUT2D eigenvalue weighted by atomic mass is 10.2. The number of hydrogen-bond acceptors (Lipinski definition) is 0. The van der Waals surface area contributed by atoms with Gasteiger partial charge in [-0.3, -0.25) is 0 Å². The van der Waals surface area contributed by atoms with Gasteiger partial charge in [-0.25, -0.2) is 0 Å². The highest BCUT2D eigenvalue weighted by Gasteiger charge is 1.73. The van der Waals surface area contributed by atoms with Crippen LogP contribution in [-0.2, 0) is 0 Å². The normalized spacial score (nSPS) is 7.50. The van der Waals surface area contributed by atoms with Crippen molar-refractivity contribution in [2.45, 2.75) is 54.9 Å². The molecule has 0 radical (unpaired) electrons.